The fraction of sp³-hybridized carbons (Fsp3) is 0.875. The quantitative estimate of drug-likeness (QED) is 0.497. The summed E-state index contributed by atoms with van der Waals surface area (Å²) < 4.78 is 0. The smallest absolute Gasteiger partial charge is 0.245 e. The van der Waals surface area contributed by atoms with Crippen molar-refractivity contribution in [3.63, 3.8) is 0 Å². The highest BCUT2D eigenvalue weighted by molar-refractivity contribution is 5.97. The molecule has 0 aromatic heterocycles. The molecule has 0 aromatic carbocycles. The number of hydrogen-bond donors (Lipinski definition) is 1. The standard InChI is InChI=1S/C8H14N2O/c1-5-8(3)7(2,9-5)6(11)10(8)4/h5,9H,1-4H3/t5-,7+,8+/m0/s1. The van der Waals surface area contributed by atoms with E-state index in [-0.39, 0.29) is 17.0 Å². The summed E-state index contributed by atoms with van der Waals surface area (Å²) in [7, 11) is 1.88. The van der Waals surface area contributed by atoms with Crippen LogP contribution in [0, 0.1) is 0 Å². The third kappa shape index (κ3) is 0.415. The summed E-state index contributed by atoms with van der Waals surface area (Å²) in [6.45, 7) is 6.23. The fourth-order valence-corrected chi connectivity index (χ4v) is 2.47. The third-order valence-corrected chi connectivity index (χ3v) is 3.79. The number of carbonyl (C=O) groups excluding carboxylic acids is 1. The van der Waals surface area contributed by atoms with Crippen LogP contribution in [0.5, 0.6) is 0 Å². The fourth-order valence-electron chi connectivity index (χ4n) is 2.47. The zero-order valence-electron chi connectivity index (χ0n) is 7.43. The van der Waals surface area contributed by atoms with Gasteiger partial charge in [0.05, 0.1) is 5.54 Å². The molecule has 2 aliphatic heterocycles. The van der Waals surface area contributed by atoms with Gasteiger partial charge >= 0.3 is 0 Å². The SMILES string of the molecule is C[C@@H]1N[C@]2(C)C(=O)N(C)[C@]12C. The van der Waals surface area contributed by atoms with Gasteiger partial charge in [0.2, 0.25) is 5.91 Å². The van der Waals surface area contributed by atoms with Gasteiger partial charge in [0.15, 0.2) is 0 Å². The number of nitrogens with zero attached hydrogens (tertiary/aromatic N) is 1. The lowest BCUT2D eigenvalue weighted by molar-refractivity contribution is -0.202. The highest BCUT2D eigenvalue weighted by atomic mass is 16.2. The van der Waals surface area contributed by atoms with E-state index in [1.54, 1.807) is 0 Å². The van der Waals surface area contributed by atoms with E-state index in [4.69, 9.17) is 0 Å². The van der Waals surface area contributed by atoms with Crippen LogP contribution >= 0.6 is 0 Å². The van der Waals surface area contributed by atoms with Gasteiger partial charge in [-0.15, -0.1) is 0 Å². The molecule has 62 valence electrons. The molecule has 0 radical (unpaired) electrons. The lowest BCUT2D eigenvalue weighted by atomic mass is 9.58. The Balaban J connectivity index is 2.35. The van der Waals surface area contributed by atoms with E-state index in [0.29, 0.717) is 6.04 Å². The number of fused-ring (bicyclic) bond motifs is 1. The zero-order chi connectivity index (χ0) is 8.44. The van der Waals surface area contributed by atoms with Crippen LogP contribution in [0.15, 0.2) is 0 Å². The maximum atomic E-state index is 11.4. The summed E-state index contributed by atoms with van der Waals surface area (Å²) in [5, 5.41) is 3.25. The molecule has 0 spiro atoms. The second kappa shape index (κ2) is 1.46. The number of piperazine rings is 1. The van der Waals surface area contributed by atoms with Crippen molar-refractivity contribution in [1.82, 2.24) is 10.2 Å². The summed E-state index contributed by atoms with van der Waals surface area (Å²) >= 11 is 0. The Bertz CT molecular complexity index is 240. The summed E-state index contributed by atoms with van der Waals surface area (Å²) in [6.07, 6.45) is 0. The van der Waals surface area contributed by atoms with Crippen molar-refractivity contribution in [3.8, 4) is 0 Å². The molecule has 3 atom stereocenters. The number of hydrogen-bond acceptors (Lipinski definition) is 2. The number of likely N-dealkylation sites (tertiary alicyclic amines) is 1. The van der Waals surface area contributed by atoms with Gasteiger partial charge in [-0.05, 0) is 20.8 Å². The van der Waals surface area contributed by atoms with Crippen LogP contribution in [-0.2, 0) is 4.79 Å². The van der Waals surface area contributed by atoms with Gasteiger partial charge in [-0.3, -0.25) is 10.1 Å². The minimum absolute atomic E-state index is 0.0596. The van der Waals surface area contributed by atoms with Crippen LogP contribution in [0.1, 0.15) is 20.8 Å². The highest BCUT2D eigenvalue weighted by Crippen LogP contribution is 2.49. The predicted molar refractivity (Wildman–Crippen MR) is 42.2 cm³/mol. The number of rotatable bonds is 0. The van der Waals surface area contributed by atoms with Crippen LogP contribution in [0.2, 0.25) is 0 Å². The van der Waals surface area contributed by atoms with Gasteiger partial charge in [-0.2, -0.15) is 0 Å². The molecule has 2 rings (SSSR count). The Morgan fingerprint density at radius 1 is 1.55 bits per heavy atom. The minimum Gasteiger partial charge on any atom is -0.335 e. The third-order valence-electron chi connectivity index (χ3n) is 3.79. The molecule has 2 saturated heterocycles. The Morgan fingerprint density at radius 2 is 2.09 bits per heavy atom. The van der Waals surface area contributed by atoms with E-state index in [1.807, 2.05) is 18.9 Å². The zero-order valence-corrected chi connectivity index (χ0v) is 7.43. The number of carbonyl (C=O) groups is 1. The van der Waals surface area contributed by atoms with Gasteiger partial charge < -0.3 is 4.90 Å². The second-order valence-electron chi connectivity index (χ2n) is 4.00. The normalized spacial score (nSPS) is 54.7. The lowest BCUT2D eigenvalue weighted by Crippen LogP contribution is -2.97. The summed E-state index contributed by atoms with van der Waals surface area (Å²) in [6, 6.07) is 0.426. The van der Waals surface area contributed by atoms with Crippen molar-refractivity contribution in [3.05, 3.63) is 0 Å². The monoisotopic (exact) mass is 154 g/mol. The van der Waals surface area contributed by atoms with E-state index in [1.165, 1.54) is 0 Å². The Hall–Kier alpha value is -0.570. The molecule has 2 fully saturated rings. The molecular formula is C8H14N2O. The van der Waals surface area contributed by atoms with E-state index < -0.39 is 0 Å². The molecular weight excluding hydrogens is 140 g/mol. The molecule has 0 bridgehead atoms. The predicted octanol–water partition coefficient (Wildman–Crippen LogP) is -0.0325. The van der Waals surface area contributed by atoms with E-state index in [0.717, 1.165) is 0 Å². The largest absolute Gasteiger partial charge is 0.335 e. The van der Waals surface area contributed by atoms with Gasteiger partial charge in [0.1, 0.15) is 5.54 Å². The first-order valence-electron chi connectivity index (χ1n) is 4.00. The Morgan fingerprint density at radius 3 is 2.36 bits per heavy atom. The average molecular weight is 154 g/mol. The number of β-lactam (4-membered cyclic amide) rings is 1. The molecule has 11 heavy (non-hydrogen) atoms. The average Bonchev–Trinajstić information content (AvgIpc) is 2.00. The van der Waals surface area contributed by atoms with Crippen molar-refractivity contribution in [2.75, 3.05) is 7.05 Å². The van der Waals surface area contributed by atoms with Crippen LogP contribution in [-0.4, -0.2) is 35.0 Å². The van der Waals surface area contributed by atoms with Crippen molar-refractivity contribution < 1.29 is 4.79 Å². The van der Waals surface area contributed by atoms with E-state index in [9.17, 15) is 4.79 Å². The van der Waals surface area contributed by atoms with E-state index in [2.05, 4.69) is 19.2 Å². The maximum Gasteiger partial charge on any atom is 0.245 e. The summed E-state index contributed by atoms with van der Waals surface area (Å²) in [5.41, 5.74) is -0.203. The first-order chi connectivity index (χ1) is 4.94. The molecule has 0 aliphatic carbocycles. The summed E-state index contributed by atoms with van der Waals surface area (Å²) in [4.78, 5) is 13.2. The van der Waals surface area contributed by atoms with Crippen LogP contribution in [0.25, 0.3) is 0 Å². The van der Waals surface area contributed by atoms with E-state index >= 15 is 0 Å². The summed E-state index contributed by atoms with van der Waals surface area (Å²) in [5.74, 6) is 0.220. The topological polar surface area (TPSA) is 32.3 Å². The van der Waals surface area contributed by atoms with Crippen molar-refractivity contribution in [2.45, 2.75) is 37.9 Å². The van der Waals surface area contributed by atoms with Crippen LogP contribution in [0.3, 0.4) is 0 Å². The van der Waals surface area contributed by atoms with Gasteiger partial charge in [-0.1, -0.05) is 0 Å². The van der Waals surface area contributed by atoms with Crippen molar-refractivity contribution >= 4 is 5.91 Å². The van der Waals surface area contributed by atoms with Crippen LogP contribution < -0.4 is 5.32 Å². The lowest BCUT2D eigenvalue weighted by Gasteiger charge is -2.72. The van der Waals surface area contributed by atoms with Crippen molar-refractivity contribution in [2.24, 2.45) is 0 Å². The first-order valence-corrected chi connectivity index (χ1v) is 4.00. The minimum atomic E-state index is -0.263. The van der Waals surface area contributed by atoms with Crippen LogP contribution in [0.4, 0.5) is 0 Å². The number of likely N-dealkylation sites (N-methyl/N-ethyl adjacent to an activating group) is 1. The second-order valence-corrected chi connectivity index (χ2v) is 4.00. The molecule has 1 N–H and O–H groups in total. The molecule has 0 unspecified atom stereocenters. The number of nitrogens with one attached hydrogen (secondary N) is 1. The molecule has 3 nitrogen and oxygen atoms in total. The maximum absolute atomic E-state index is 11.4. The van der Waals surface area contributed by atoms with Crippen molar-refractivity contribution in [1.29, 1.82) is 0 Å². The molecule has 2 aliphatic rings. The first kappa shape index (κ1) is 7.10. The molecule has 0 saturated carbocycles. The van der Waals surface area contributed by atoms with Gasteiger partial charge in [0.25, 0.3) is 0 Å². The molecule has 1 amide bonds. The number of amides is 1. The molecule has 2 heterocycles. The Kier molecular flexibility index (Phi) is 0.942. The van der Waals surface area contributed by atoms with Gasteiger partial charge in [0, 0.05) is 13.1 Å². The van der Waals surface area contributed by atoms with Gasteiger partial charge in [-0.25, -0.2) is 0 Å². The highest BCUT2D eigenvalue weighted by Gasteiger charge is 2.74. The Labute approximate surface area is 66.8 Å². The molecule has 3 heteroatoms. The molecule has 0 aromatic rings.